The monoisotopic (exact) mass is 354 g/mol. The Bertz CT molecular complexity index is 652. The van der Waals surface area contributed by atoms with Crippen molar-refractivity contribution in [3.63, 3.8) is 0 Å². The van der Waals surface area contributed by atoms with Crippen molar-refractivity contribution in [1.82, 2.24) is 0 Å². The Kier molecular flexibility index (Phi) is 5.41. The number of hydrogen-bond acceptors (Lipinski definition) is 3. The third kappa shape index (κ3) is 5.21. The first-order valence-corrected chi connectivity index (χ1v) is 9.42. The third-order valence-electron chi connectivity index (χ3n) is 2.31. The van der Waals surface area contributed by atoms with E-state index in [2.05, 4.69) is 0 Å². The number of para-hydroxylation sites is 1. The zero-order chi connectivity index (χ0) is 14.3. The Morgan fingerprint density at radius 2 is 1.55 bits per heavy atom. The van der Waals surface area contributed by atoms with Gasteiger partial charge in [-0.3, -0.25) is 0 Å². The van der Waals surface area contributed by atoms with Gasteiger partial charge in [-0.2, -0.15) is 0 Å². The second kappa shape index (κ2) is 7.29. The van der Waals surface area contributed by atoms with Crippen molar-refractivity contribution in [3.8, 4) is 5.75 Å². The predicted octanol–water partition coefficient (Wildman–Crippen LogP) is 1.94. The van der Waals surface area contributed by atoms with Crippen molar-refractivity contribution < 1.29 is 12.6 Å². The Morgan fingerprint density at radius 1 is 0.950 bits per heavy atom. The van der Waals surface area contributed by atoms with Gasteiger partial charge in [0, 0.05) is 0 Å². The van der Waals surface area contributed by atoms with E-state index >= 15 is 0 Å². The van der Waals surface area contributed by atoms with E-state index in [9.17, 15) is 8.42 Å². The fraction of sp³-hybridized carbons (Fsp3) is 0.0667. The second-order valence-corrected chi connectivity index (χ2v) is 7.59. The quantitative estimate of drug-likeness (QED) is 0.589. The molecule has 0 aliphatic heterocycles. The second-order valence-electron chi connectivity index (χ2n) is 3.92. The van der Waals surface area contributed by atoms with Crippen LogP contribution in [0.15, 0.2) is 71.7 Å². The third-order valence-corrected chi connectivity index (χ3v) is 5.19. The average molecular weight is 353 g/mol. The molecule has 0 spiro atoms. The summed E-state index contributed by atoms with van der Waals surface area (Å²) in [6.45, 7) is 0. The van der Waals surface area contributed by atoms with Crippen molar-refractivity contribution in [2.24, 2.45) is 0 Å². The molecule has 0 heterocycles. The van der Waals surface area contributed by atoms with Crippen LogP contribution >= 0.6 is 0 Å². The van der Waals surface area contributed by atoms with E-state index in [1.165, 1.54) is 4.46 Å². The van der Waals surface area contributed by atoms with Gasteiger partial charge in [0.25, 0.3) is 0 Å². The van der Waals surface area contributed by atoms with E-state index in [0.717, 1.165) is 0 Å². The molecular formula is C15H14O3SSe. The van der Waals surface area contributed by atoms with Crippen molar-refractivity contribution >= 4 is 29.5 Å². The molecule has 5 heteroatoms. The molecule has 0 bridgehead atoms. The van der Waals surface area contributed by atoms with Gasteiger partial charge in [0.15, 0.2) is 0 Å². The van der Waals surface area contributed by atoms with Crippen molar-refractivity contribution in [2.45, 2.75) is 0 Å². The van der Waals surface area contributed by atoms with Crippen LogP contribution in [0.3, 0.4) is 0 Å². The van der Waals surface area contributed by atoms with Gasteiger partial charge in [-0.15, -0.1) is 0 Å². The van der Waals surface area contributed by atoms with Gasteiger partial charge < -0.3 is 0 Å². The molecule has 0 radical (unpaired) electrons. The maximum absolute atomic E-state index is 11.7. The molecule has 0 saturated heterocycles. The van der Waals surface area contributed by atoms with Crippen LogP contribution in [0.5, 0.6) is 5.75 Å². The summed E-state index contributed by atoms with van der Waals surface area (Å²) < 4.78 is 29.7. The molecule has 0 atom stereocenters. The summed E-state index contributed by atoms with van der Waals surface area (Å²) in [6, 6.07) is 18.5. The summed E-state index contributed by atoms with van der Waals surface area (Å²) in [5.74, 6) is 0.227. The molecule has 2 aromatic carbocycles. The van der Waals surface area contributed by atoms with Crippen LogP contribution in [0.1, 0.15) is 0 Å². The normalized spacial score (nSPS) is 11.6. The van der Waals surface area contributed by atoms with Crippen LogP contribution in [0, 0.1) is 0 Å². The van der Waals surface area contributed by atoms with Gasteiger partial charge in [-0.1, -0.05) is 0 Å². The van der Waals surface area contributed by atoms with Gasteiger partial charge >= 0.3 is 125 Å². The Hall–Kier alpha value is -1.55. The van der Waals surface area contributed by atoms with Crippen LogP contribution in [0.25, 0.3) is 0 Å². The molecule has 0 amide bonds. The van der Waals surface area contributed by atoms with Crippen molar-refractivity contribution in [1.29, 1.82) is 0 Å². The van der Waals surface area contributed by atoms with Crippen LogP contribution in [0.4, 0.5) is 0 Å². The minimum absolute atomic E-state index is 0.115. The molecule has 20 heavy (non-hydrogen) atoms. The molecule has 0 N–H and O–H groups in total. The summed E-state index contributed by atoms with van der Waals surface area (Å²) in [6.07, 6.45) is 1.64. The molecule has 104 valence electrons. The van der Waals surface area contributed by atoms with Crippen molar-refractivity contribution in [3.05, 3.63) is 71.7 Å². The van der Waals surface area contributed by atoms with E-state index in [1.807, 2.05) is 41.4 Å². The minimum atomic E-state index is -3.57. The van der Waals surface area contributed by atoms with Crippen molar-refractivity contribution in [2.75, 3.05) is 5.75 Å². The van der Waals surface area contributed by atoms with Crippen LogP contribution in [-0.2, 0) is 10.1 Å². The van der Waals surface area contributed by atoms with Crippen LogP contribution < -0.4 is 8.64 Å². The first kappa shape index (κ1) is 14.9. The summed E-state index contributed by atoms with van der Waals surface area (Å²) in [5.41, 5.74) is 0. The molecule has 0 fully saturated rings. The van der Waals surface area contributed by atoms with Gasteiger partial charge in [-0.05, 0) is 0 Å². The van der Waals surface area contributed by atoms with Gasteiger partial charge in [0.1, 0.15) is 0 Å². The summed E-state index contributed by atoms with van der Waals surface area (Å²) >= 11 is 0.142. The summed E-state index contributed by atoms with van der Waals surface area (Å²) in [4.78, 5) is 1.90. The maximum atomic E-state index is 11.7. The Balaban J connectivity index is 1.86. The standard InChI is InChI=1S/C15H14O3SSe/c16-19(17,18-14-8-3-1-4-9-14)12-7-13-20-15-10-5-2-6-11-15/h1-11,13H,12H2/b13-7+. The van der Waals surface area contributed by atoms with Gasteiger partial charge in [0.05, 0.1) is 0 Å². The Labute approximate surface area is 125 Å². The van der Waals surface area contributed by atoms with Gasteiger partial charge in [0.2, 0.25) is 0 Å². The summed E-state index contributed by atoms with van der Waals surface area (Å²) in [5, 5.41) is 0. The molecule has 0 saturated carbocycles. The predicted molar refractivity (Wildman–Crippen MR) is 81.8 cm³/mol. The van der Waals surface area contributed by atoms with E-state index in [1.54, 1.807) is 30.3 Å². The fourth-order valence-electron chi connectivity index (χ4n) is 1.44. The molecule has 2 aromatic rings. The van der Waals surface area contributed by atoms with E-state index in [-0.39, 0.29) is 20.7 Å². The Morgan fingerprint density at radius 3 is 2.20 bits per heavy atom. The average Bonchev–Trinajstić information content (AvgIpc) is 2.45. The topological polar surface area (TPSA) is 43.4 Å². The zero-order valence-electron chi connectivity index (χ0n) is 10.7. The van der Waals surface area contributed by atoms with Crippen LogP contribution in [-0.4, -0.2) is 29.1 Å². The first-order chi connectivity index (χ1) is 9.66. The molecule has 0 aromatic heterocycles. The molecule has 0 aliphatic rings. The number of rotatable bonds is 6. The van der Waals surface area contributed by atoms with Gasteiger partial charge in [-0.25, -0.2) is 0 Å². The first-order valence-electron chi connectivity index (χ1n) is 6.00. The van der Waals surface area contributed by atoms with E-state index in [0.29, 0.717) is 5.75 Å². The summed E-state index contributed by atoms with van der Waals surface area (Å²) in [7, 11) is -3.57. The molecule has 0 aliphatic carbocycles. The molecule has 2 rings (SSSR count). The molecule has 0 unspecified atom stereocenters. The van der Waals surface area contributed by atoms with E-state index in [4.69, 9.17) is 4.18 Å². The molecule has 3 nitrogen and oxygen atoms in total. The fourth-order valence-corrected chi connectivity index (χ4v) is 3.91. The molecular weight excluding hydrogens is 339 g/mol. The van der Waals surface area contributed by atoms with Crippen LogP contribution in [0.2, 0.25) is 0 Å². The van der Waals surface area contributed by atoms with E-state index < -0.39 is 10.1 Å². The zero-order valence-corrected chi connectivity index (χ0v) is 13.2. The number of benzene rings is 2. The SMILES string of the molecule is O=S(=O)(C/C=C/[Se]c1ccccc1)Oc1ccccc1. The number of hydrogen-bond donors (Lipinski definition) is 0.